The summed E-state index contributed by atoms with van der Waals surface area (Å²) in [5, 5.41) is 9.32. The number of aromatic nitrogens is 3. The number of benzene rings is 5. The summed E-state index contributed by atoms with van der Waals surface area (Å²) in [6.07, 6.45) is 0. The van der Waals surface area contributed by atoms with Crippen molar-refractivity contribution in [3.8, 4) is 0 Å². The molecule has 168 valence electrons. The molecule has 0 bridgehead atoms. The molecule has 4 heterocycles. The van der Waals surface area contributed by atoms with Gasteiger partial charge in [-0.25, -0.2) is 4.57 Å². The van der Waals surface area contributed by atoms with Crippen molar-refractivity contribution in [1.82, 2.24) is 8.80 Å². The molecule has 0 spiro atoms. The van der Waals surface area contributed by atoms with Crippen molar-refractivity contribution in [3.63, 3.8) is 0 Å². The first-order valence-corrected chi connectivity index (χ1v) is 12.5. The summed E-state index contributed by atoms with van der Waals surface area (Å²) in [4.78, 5) is 0. The summed E-state index contributed by atoms with van der Waals surface area (Å²) in [6.45, 7) is 2.28. The van der Waals surface area contributed by atoms with Crippen molar-refractivity contribution < 1.29 is 4.57 Å². The fraction of sp³-hybridized carbons (Fsp3) is 0.0606. The van der Waals surface area contributed by atoms with Gasteiger partial charge in [-0.15, -0.1) is 0 Å². The Balaban J connectivity index is 1.70. The summed E-state index contributed by atoms with van der Waals surface area (Å²) < 4.78 is 7.32. The van der Waals surface area contributed by atoms with Gasteiger partial charge in [-0.2, -0.15) is 4.40 Å². The minimum atomic E-state index is 1.24. The van der Waals surface area contributed by atoms with Crippen LogP contribution in [0.15, 0.2) is 97.1 Å². The summed E-state index contributed by atoms with van der Waals surface area (Å²) in [6, 6.07) is 35.7. The quantitative estimate of drug-likeness (QED) is 0.163. The smallest absolute Gasteiger partial charge is 0.295 e. The predicted octanol–water partition coefficient (Wildman–Crippen LogP) is 7.68. The van der Waals surface area contributed by atoms with Gasteiger partial charge in [0, 0.05) is 32.3 Å². The Morgan fingerprint density at radius 3 is 2.00 bits per heavy atom. The van der Waals surface area contributed by atoms with E-state index in [0.29, 0.717) is 0 Å². The van der Waals surface area contributed by atoms with E-state index in [1.165, 1.54) is 82.0 Å². The van der Waals surface area contributed by atoms with E-state index in [1.807, 2.05) is 0 Å². The van der Waals surface area contributed by atoms with Gasteiger partial charge in [0.25, 0.3) is 5.65 Å². The van der Waals surface area contributed by atoms with Crippen LogP contribution in [0, 0.1) is 6.92 Å². The van der Waals surface area contributed by atoms with E-state index in [1.54, 1.807) is 0 Å². The van der Waals surface area contributed by atoms with Gasteiger partial charge < -0.3 is 4.40 Å². The summed E-state index contributed by atoms with van der Waals surface area (Å²) >= 11 is 0. The van der Waals surface area contributed by atoms with Crippen molar-refractivity contribution in [2.75, 3.05) is 0 Å². The second kappa shape index (κ2) is 6.13. The molecule has 0 aliphatic heterocycles. The Hall–Kier alpha value is -4.63. The van der Waals surface area contributed by atoms with E-state index >= 15 is 0 Å². The first-order chi connectivity index (χ1) is 17.7. The van der Waals surface area contributed by atoms with Crippen molar-refractivity contribution >= 4 is 76.5 Å². The van der Waals surface area contributed by atoms with E-state index < -0.39 is 0 Å². The Morgan fingerprint density at radius 1 is 0.528 bits per heavy atom. The number of imidazole rings is 1. The Kier molecular flexibility index (Phi) is 3.18. The third-order valence-corrected chi connectivity index (χ3v) is 8.36. The molecular formula is C33H22N3+. The van der Waals surface area contributed by atoms with Crippen LogP contribution in [0.1, 0.15) is 5.56 Å². The number of aryl methyl sites for hydroxylation is 2. The van der Waals surface area contributed by atoms with E-state index in [4.69, 9.17) is 0 Å². The molecule has 0 aliphatic rings. The fourth-order valence-electron chi connectivity index (χ4n) is 7.00. The Morgan fingerprint density at radius 2 is 1.17 bits per heavy atom. The lowest BCUT2D eigenvalue weighted by molar-refractivity contribution is -0.617. The molecular weight excluding hydrogens is 438 g/mol. The van der Waals surface area contributed by atoms with Gasteiger partial charge in [0.05, 0.1) is 29.0 Å². The highest BCUT2D eigenvalue weighted by atomic mass is 15.1. The third kappa shape index (κ3) is 1.94. The summed E-state index contributed by atoms with van der Waals surface area (Å²) in [5.74, 6) is 0. The zero-order valence-electron chi connectivity index (χ0n) is 20.1. The number of hydrogen-bond donors (Lipinski definition) is 0. The Bertz CT molecular complexity index is 2380. The van der Waals surface area contributed by atoms with E-state index in [2.05, 4.69) is 124 Å². The molecule has 9 aromatic rings. The number of hydrogen-bond acceptors (Lipinski definition) is 0. The lowest BCUT2D eigenvalue weighted by atomic mass is 9.96. The second-order valence-electron chi connectivity index (χ2n) is 10.1. The molecule has 0 N–H and O–H groups in total. The SMILES string of the molecule is Cc1cc2c(c3cccc4c5ccccc5n2c43)c2c3ccccc3n3c4ccccc4[n+](C)c3c12. The molecule has 3 nitrogen and oxygen atoms in total. The first kappa shape index (κ1) is 18.7. The minimum absolute atomic E-state index is 1.24. The van der Waals surface area contributed by atoms with Gasteiger partial charge in [-0.1, -0.05) is 66.7 Å². The monoisotopic (exact) mass is 460 g/mol. The number of nitrogens with zero attached hydrogens (tertiary/aromatic N) is 3. The number of fused-ring (bicyclic) bond motifs is 15. The van der Waals surface area contributed by atoms with E-state index in [9.17, 15) is 0 Å². The van der Waals surface area contributed by atoms with Crippen molar-refractivity contribution in [1.29, 1.82) is 0 Å². The normalized spacial score (nSPS) is 12.7. The molecule has 4 aromatic heterocycles. The highest BCUT2D eigenvalue weighted by Gasteiger charge is 2.27. The summed E-state index contributed by atoms with van der Waals surface area (Å²) in [7, 11) is 2.20. The molecule has 36 heavy (non-hydrogen) atoms. The van der Waals surface area contributed by atoms with Gasteiger partial charge in [0.15, 0.2) is 11.0 Å². The molecule has 0 saturated carbocycles. The van der Waals surface area contributed by atoms with E-state index in [-0.39, 0.29) is 0 Å². The largest absolute Gasteiger partial charge is 0.308 e. The van der Waals surface area contributed by atoms with Gasteiger partial charge >= 0.3 is 0 Å². The van der Waals surface area contributed by atoms with E-state index in [0.717, 1.165) is 0 Å². The van der Waals surface area contributed by atoms with Gasteiger partial charge in [-0.05, 0) is 42.8 Å². The number of para-hydroxylation sites is 5. The van der Waals surface area contributed by atoms with Gasteiger partial charge in [0.1, 0.15) is 5.52 Å². The Labute approximate surface area is 206 Å². The average molecular weight is 461 g/mol. The van der Waals surface area contributed by atoms with Crippen LogP contribution < -0.4 is 4.57 Å². The van der Waals surface area contributed by atoms with Crippen LogP contribution in [0.3, 0.4) is 0 Å². The van der Waals surface area contributed by atoms with Crippen LogP contribution >= 0.6 is 0 Å². The molecule has 5 aromatic carbocycles. The lowest BCUT2D eigenvalue weighted by Crippen LogP contribution is -2.27. The van der Waals surface area contributed by atoms with Crippen molar-refractivity contribution in [2.24, 2.45) is 7.05 Å². The van der Waals surface area contributed by atoms with Crippen LogP contribution in [0.5, 0.6) is 0 Å². The maximum Gasteiger partial charge on any atom is 0.295 e. The summed E-state index contributed by atoms with van der Waals surface area (Å²) in [5.41, 5.74) is 10.2. The predicted molar refractivity (Wildman–Crippen MR) is 150 cm³/mol. The van der Waals surface area contributed by atoms with Crippen molar-refractivity contribution in [2.45, 2.75) is 6.92 Å². The molecule has 0 unspecified atom stereocenters. The molecule has 9 rings (SSSR count). The number of pyridine rings is 1. The zero-order chi connectivity index (χ0) is 23.7. The molecule has 0 amide bonds. The lowest BCUT2D eigenvalue weighted by Gasteiger charge is -2.10. The van der Waals surface area contributed by atoms with Crippen LogP contribution in [0.25, 0.3) is 76.5 Å². The third-order valence-electron chi connectivity index (χ3n) is 8.36. The standard InChI is InChI=1S/C33H22N3/c1-19-18-28-30(23-13-9-12-21-20-10-3-5-14-24(20)35(28)32(21)23)31-22-11-4-6-15-25(22)36-27-17-8-7-16-26(27)34(2)33(36)29(19)31/h3-18H,1-2H3/q+1. The maximum absolute atomic E-state index is 2.50. The second-order valence-corrected chi connectivity index (χ2v) is 10.1. The fourth-order valence-corrected chi connectivity index (χ4v) is 7.00. The molecule has 0 radical (unpaired) electrons. The molecule has 0 fully saturated rings. The topological polar surface area (TPSA) is 12.7 Å². The highest BCUT2D eigenvalue weighted by molar-refractivity contribution is 6.34. The van der Waals surface area contributed by atoms with Crippen LogP contribution in [-0.2, 0) is 7.05 Å². The molecule has 0 atom stereocenters. The maximum atomic E-state index is 2.50. The molecule has 3 heteroatoms. The van der Waals surface area contributed by atoms with Gasteiger partial charge in [0.2, 0.25) is 0 Å². The van der Waals surface area contributed by atoms with Gasteiger partial charge in [-0.3, -0.25) is 0 Å². The zero-order valence-corrected chi connectivity index (χ0v) is 20.1. The number of rotatable bonds is 0. The minimum Gasteiger partial charge on any atom is -0.308 e. The van der Waals surface area contributed by atoms with Crippen LogP contribution in [-0.4, -0.2) is 8.80 Å². The first-order valence-electron chi connectivity index (χ1n) is 12.5. The highest BCUT2D eigenvalue weighted by Crippen LogP contribution is 2.45. The van der Waals surface area contributed by atoms with Crippen LogP contribution in [0.4, 0.5) is 0 Å². The average Bonchev–Trinajstić information content (AvgIpc) is 3.54. The van der Waals surface area contributed by atoms with Crippen molar-refractivity contribution in [3.05, 3.63) is 103 Å². The van der Waals surface area contributed by atoms with Crippen LogP contribution in [0.2, 0.25) is 0 Å². The molecule has 0 saturated heterocycles. The molecule has 0 aliphatic carbocycles.